The molecular weight excluding hydrogens is 623 g/mol. The molecule has 6 rings (SSSR count). The standard InChI is InChI=1S/C33H29N7O4S2/c1-21-13-15-23(16-14-21)28-18-26(29-12-7-17-45-29)37-39(28)31(41)20-46-33-36-35-30(38(33)24-8-4-3-5-9-24)19-34-32(42)25-10-6-11-27(22(25)2)40(43)44/h3-17,28H,18-20H2,1-2H3,(H,34,42)/t28-/m0/s1. The van der Waals surface area contributed by atoms with Crippen molar-refractivity contribution in [2.45, 2.75) is 38.0 Å². The molecule has 2 amide bonds. The van der Waals surface area contributed by atoms with Gasteiger partial charge >= 0.3 is 0 Å². The Morgan fingerprint density at radius 2 is 1.78 bits per heavy atom. The number of carbonyl (C=O) groups excluding carboxylic acids is 2. The lowest BCUT2D eigenvalue weighted by Gasteiger charge is -2.22. The van der Waals surface area contributed by atoms with Gasteiger partial charge in [-0.2, -0.15) is 5.10 Å². The van der Waals surface area contributed by atoms with Crippen molar-refractivity contribution in [2.24, 2.45) is 5.10 Å². The van der Waals surface area contributed by atoms with E-state index in [1.54, 1.807) is 33.9 Å². The highest BCUT2D eigenvalue weighted by Gasteiger charge is 2.33. The van der Waals surface area contributed by atoms with Crippen molar-refractivity contribution in [3.8, 4) is 5.69 Å². The van der Waals surface area contributed by atoms with Crippen LogP contribution in [0.2, 0.25) is 0 Å². The first-order valence-corrected chi connectivity index (χ1v) is 16.3. The number of benzene rings is 3. The predicted molar refractivity (Wildman–Crippen MR) is 177 cm³/mol. The van der Waals surface area contributed by atoms with Crippen LogP contribution in [0.15, 0.2) is 101 Å². The number of hydrazone groups is 1. The molecule has 0 fully saturated rings. The van der Waals surface area contributed by atoms with E-state index in [4.69, 9.17) is 5.10 Å². The fourth-order valence-corrected chi connectivity index (χ4v) is 6.78. The van der Waals surface area contributed by atoms with E-state index in [0.29, 0.717) is 17.4 Å². The summed E-state index contributed by atoms with van der Waals surface area (Å²) in [6.07, 6.45) is 0.619. The fraction of sp³-hybridized carbons (Fsp3) is 0.182. The van der Waals surface area contributed by atoms with E-state index in [-0.39, 0.29) is 41.1 Å². The van der Waals surface area contributed by atoms with E-state index >= 15 is 0 Å². The molecule has 0 aliphatic carbocycles. The molecule has 13 heteroatoms. The van der Waals surface area contributed by atoms with Crippen LogP contribution in [0.4, 0.5) is 5.69 Å². The summed E-state index contributed by atoms with van der Waals surface area (Å²) in [5.74, 6) is -0.132. The summed E-state index contributed by atoms with van der Waals surface area (Å²) in [5, 5.41) is 31.7. The highest BCUT2D eigenvalue weighted by atomic mass is 32.2. The molecule has 3 aromatic carbocycles. The van der Waals surface area contributed by atoms with Crippen LogP contribution >= 0.6 is 23.1 Å². The summed E-state index contributed by atoms with van der Waals surface area (Å²) in [7, 11) is 0. The highest BCUT2D eigenvalue weighted by Crippen LogP contribution is 2.35. The minimum atomic E-state index is -0.512. The van der Waals surface area contributed by atoms with Crippen LogP contribution in [0.1, 0.15) is 50.2 Å². The van der Waals surface area contributed by atoms with Gasteiger partial charge in [0.2, 0.25) is 0 Å². The molecule has 0 radical (unpaired) electrons. The van der Waals surface area contributed by atoms with Crippen LogP contribution in [0, 0.1) is 24.0 Å². The molecule has 1 aliphatic heterocycles. The number of hydrogen-bond acceptors (Lipinski definition) is 9. The van der Waals surface area contributed by atoms with Crippen LogP contribution in [-0.2, 0) is 11.3 Å². The average molecular weight is 652 g/mol. The van der Waals surface area contributed by atoms with Gasteiger partial charge in [-0.1, -0.05) is 71.9 Å². The molecule has 0 bridgehead atoms. The molecular formula is C33H29N7O4S2. The summed E-state index contributed by atoms with van der Waals surface area (Å²) < 4.78 is 1.79. The second kappa shape index (κ2) is 13.5. The van der Waals surface area contributed by atoms with Crippen molar-refractivity contribution in [1.82, 2.24) is 25.1 Å². The predicted octanol–water partition coefficient (Wildman–Crippen LogP) is 6.25. The van der Waals surface area contributed by atoms with Crippen LogP contribution in [0.5, 0.6) is 0 Å². The summed E-state index contributed by atoms with van der Waals surface area (Å²) in [4.78, 5) is 38.7. The van der Waals surface area contributed by atoms with Crippen LogP contribution in [0.25, 0.3) is 5.69 Å². The number of nitro benzene ring substituents is 1. The first-order valence-electron chi connectivity index (χ1n) is 14.4. The maximum Gasteiger partial charge on any atom is 0.273 e. The molecule has 232 valence electrons. The van der Waals surface area contributed by atoms with Gasteiger partial charge in [0.05, 0.1) is 33.9 Å². The Morgan fingerprint density at radius 3 is 2.50 bits per heavy atom. The number of rotatable bonds is 10. The molecule has 46 heavy (non-hydrogen) atoms. The third kappa shape index (κ3) is 6.46. The summed E-state index contributed by atoms with van der Waals surface area (Å²) in [6, 6.07) is 25.7. The maximum atomic E-state index is 13.8. The lowest BCUT2D eigenvalue weighted by molar-refractivity contribution is -0.385. The van der Waals surface area contributed by atoms with E-state index in [2.05, 4.69) is 15.5 Å². The molecule has 2 aromatic heterocycles. The number of nitrogens with one attached hydrogen (secondary N) is 1. The zero-order valence-corrected chi connectivity index (χ0v) is 26.6. The smallest absolute Gasteiger partial charge is 0.273 e. The molecule has 11 nitrogen and oxygen atoms in total. The van der Waals surface area contributed by atoms with E-state index in [0.717, 1.165) is 27.4 Å². The number of carbonyl (C=O) groups is 2. The average Bonchev–Trinajstić information content (AvgIpc) is 3.83. The van der Waals surface area contributed by atoms with Gasteiger partial charge in [0.1, 0.15) is 0 Å². The lowest BCUT2D eigenvalue weighted by Crippen LogP contribution is -2.28. The normalized spacial score (nSPS) is 14.3. The number of para-hydroxylation sites is 1. The van der Waals surface area contributed by atoms with Crippen molar-refractivity contribution in [1.29, 1.82) is 0 Å². The Balaban J connectivity index is 1.22. The van der Waals surface area contributed by atoms with Gasteiger partial charge in [-0.15, -0.1) is 21.5 Å². The van der Waals surface area contributed by atoms with E-state index in [1.165, 1.54) is 23.9 Å². The second-order valence-electron chi connectivity index (χ2n) is 10.6. The van der Waals surface area contributed by atoms with Crippen molar-refractivity contribution < 1.29 is 14.5 Å². The minimum Gasteiger partial charge on any atom is -0.345 e. The van der Waals surface area contributed by atoms with Crippen LogP contribution in [0.3, 0.4) is 0 Å². The zero-order valence-electron chi connectivity index (χ0n) is 25.0. The summed E-state index contributed by atoms with van der Waals surface area (Å²) in [5.41, 5.74) is 4.15. The fourth-order valence-electron chi connectivity index (χ4n) is 5.24. The Kier molecular flexibility index (Phi) is 9.04. The van der Waals surface area contributed by atoms with E-state index < -0.39 is 10.8 Å². The van der Waals surface area contributed by atoms with Crippen LogP contribution in [-0.4, -0.2) is 48.0 Å². The molecule has 1 N–H and O–H groups in total. The zero-order chi connectivity index (χ0) is 32.2. The van der Waals surface area contributed by atoms with Crippen molar-refractivity contribution >= 4 is 46.3 Å². The third-order valence-corrected chi connectivity index (χ3v) is 9.46. The molecule has 0 saturated heterocycles. The monoisotopic (exact) mass is 651 g/mol. The van der Waals surface area contributed by atoms with Crippen molar-refractivity contribution in [3.63, 3.8) is 0 Å². The molecule has 1 atom stereocenters. The number of aromatic nitrogens is 3. The highest BCUT2D eigenvalue weighted by molar-refractivity contribution is 7.99. The van der Waals surface area contributed by atoms with Crippen molar-refractivity contribution in [3.05, 3.63) is 133 Å². The number of nitrogens with zero attached hydrogens (tertiary/aromatic N) is 6. The number of thioether (sulfide) groups is 1. The third-order valence-electron chi connectivity index (χ3n) is 7.63. The quantitative estimate of drug-likeness (QED) is 0.107. The van der Waals surface area contributed by atoms with Crippen molar-refractivity contribution in [2.75, 3.05) is 5.75 Å². The molecule has 0 saturated carbocycles. The van der Waals surface area contributed by atoms with Gasteiger partial charge in [0.25, 0.3) is 17.5 Å². The molecule has 0 unspecified atom stereocenters. The summed E-state index contributed by atoms with van der Waals surface area (Å²) >= 11 is 2.84. The second-order valence-corrected chi connectivity index (χ2v) is 12.5. The number of hydrogen-bond donors (Lipinski definition) is 1. The Hall–Kier alpha value is -5.14. The van der Waals surface area contributed by atoms with Gasteiger partial charge in [-0.25, -0.2) is 5.01 Å². The number of aryl methyl sites for hydroxylation is 1. The SMILES string of the molecule is Cc1ccc([C@@H]2CC(c3cccs3)=NN2C(=O)CSc2nnc(CNC(=O)c3cccc([N+](=O)[O-])c3C)n2-c2ccccc2)cc1. The first-order chi connectivity index (χ1) is 22.3. The molecule has 0 spiro atoms. The Labute approximate surface area is 273 Å². The number of nitro groups is 1. The van der Waals surface area contributed by atoms with Gasteiger partial charge in [0.15, 0.2) is 11.0 Å². The van der Waals surface area contributed by atoms with E-state index in [9.17, 15) is 19.7 Å². The van der Waals surface area contributed by atoms with Gasteiger partial charge in [-0.05, 0) is 49.1 Å². The van der Waals surface area contributed by atoms with Gasteiger partial charge in [0, 0.05) is 29.3 Å². The number of amides is 2. The lowest BCUT2D eigenvalue weighted by atomic mass is 10.00. The molecule has 5 aromatic rings. The summed E-state index contributed by atoms with van der Waals surface area (Å²) in [6.45, 7) is 3.58. The molecule has 3 heterocycles. The maximum absolute atomic E-state index is 13.8. The van der Waals surface area contributed by atoms with Gasteiger partial charge < -0.3 is 5.32 Å². The molecule has 1 aliphatic rings. The topological polar surface area (TPSA) is 136 Å². The minimum absolute atomic E-state index is 0.00740. The van der Waals surface area contributed by atoms with E-state index in [1.807, 2.05) is 79.0 Å². The Bertz CT molecular complexity index is 1920. The largest absolute Gasteiger partial charge is 0.345 e. The van der Waals surface area contributed by atoms with Gasteiger partial charge in [-0.3, -0.25) is 24.3 Å². The van der Waals surface area contributed by atoms with Crippen LogP contribution < -0.4 is 5.32 Å². The number of thiophene rings is 1. The first kappa shape index (κ1) is 30.9. The Morgan fingerprint density at radius 1 is 1.00 bits per heavy atom.